The second kappa shape index (κ2) is 4.87. The van der Waals surface area contributed by atoms with Gasteiger partial charge in [0.25, 0.3) is 5.91 Å². The van der Waals surface area contributed by atoms with Gasteiger partial charge >= 0.3 is 0 Å². The molecule has 1 amide bonds. The Hall–Kier alpha value is -2.36. The van der Waals surface area contributed by atoms with E-state index >= 15 is 0 Å². The average molecular weight is 241 g/mol. The zero-order valence-electron chi connectivity index (χ0n) is 10.4. The zero-order chi connectivity index (χ0) is 13.1. The number of hydrogen-bond donors (Lipinski definition) is 2. The summed E-state index contributed by atoms with van der Waals surface area (Å²) < 4.78 is 0. The summed E-state index contributed by atoms with van der Waals surface area (Å²) in [5.41, 5.74) is 8.89. The lowest BCUT2D eigenvalue weighted by atomic mass is 10.1. The summed E-state index contributed by atoms with van der Waals surface area (Å²) in [5.74, 6) is 0.189. The molecule has 1 aromatic carbocycles. The quantitative estimate of drug-likeness (QED) is 0.849. The maximum atomic E-state index is 12.1. The lowest BCUT2D eigenvalue weighted by Crippen LogP contribution is -2.14. The van der Waals surface area contributed by atoms with E-state index in [9.17, 15) is 4.79 Å². The van der Waals surface area contributed by atoms with Gasteiger partial charge in [-0.3, -0.25) is 4.79 Å². The number of nitrogens with one attached hydrogen (secondary N) is 1. The van der Waals surface area contributed by atoms with Gasteiger partial charge in [-0.15, -0.1) is 0 Å². The third-order valence-corrected chi connectivity index (χ3v) is 2.55. The Morgan fingerprint density at radius 3 is 2.50 bits per heavy atom. The van der Waals surface area contributed by atoms with Gasteiger partial charge in [-0.1, -0.05) is 17.2 Å². The van der Waals surface area contributed by atoms with E-state index in [4.69, 9.17) is 5.73 Å². The SMILES string of the molecule is Cc1cc(C)cc(C(=O)Nc2ncccc2N)c1. The Labute approximate surface area is 106 Å². The molecule has 1 aromatic heterocycles. The zero-order valence-corrected chi connectivity index (χ0v) is 10.4. The number of amides is 1. The number of nitrogens with two attached hydrogens (primary N) is 1. The van der Waals surface area contributed by atoms with Gasteiger partial charge in [0.15, 0.2) is 5.82 Å². The van der Waals surface area contributed by atoms with E-state index < -0.39 is 0 Å². The highest BCUT2D eigenvalue weighted by atomic mass is 16.1. The average Bonchev–Trinajstić information content (AvgIpc) is 2.31. The summed E-state index contributed by atoms with van der Waals surface area (Å²) in [4.78, 5) is 16.1. The van der Waals surface area contributed by atoms with Crippen LogP contribution in [0.5, 0.6) is 0 Å². The molecule has 0 spiro atoms. The van der Waals surface area contributed by atoms with Crippen LogP contribution in [0.15, 0.2) is 36.5 Å². The van der Waals surface area contributed by atoms with Crippen molar-refractivity contribution in [2.45, 2.75) is 13.8 Å². The van der Waals surface area contributed by atoms with Crippen LogP contribution in [0, 0.1) is 13.8 Å². The van der Waals surface area contributed by atoms with E-state index in [-0.39, 0.29) is 5.91 Å². The maximum absolute atomic E-state index is 12.1. The van der Waals surface area contributed by atoms with Gasteiger partial charge in [0.05, 0.1) is 5.69 Å². The number of pyridine rings is 1. The molecule has 1 heterocycles. The number of carbonyl (C=O) groups is 1. The standard InChI is InChI=1S/C14H15N3O/c1-9-6-10(2)8-11(7-9)14(18)17-13-12(15)4-3-5-16-13/h3-8H,15H2,1-2H3,(H,16,17,18). The van der Waals surface area contributed by atoms with Crippen LogP contribution in [-0.4, -0.2) is 10.9 Å². The summed E-state index contributed by atoms with van der Waals surface area (Å²) >= 11 is 0. The smallest absolute Gasteiger partial charge is 0.256 e. The lowest BCUT2D eigenvalue weighted by Gasteiger charge is -2.08. The highest BCUT2D eigenvalue weighted by Crippen LogP contribution is 2.15. The first-order chi connectivity index (χ1) is 8.56. The minimum atomic E-state index is -0.202. The van der Waals surface area contributed by atoms with Gasteiger partial charge in [-0.05, 0) is 38.1 Å². The number of rotatable bonds is 2. The van der Waals surface area contributed by atoms with Gasteiger partial charge < -0.3 is 11.1 Å². The lowest BCUT2D eigenvalue weighted by molar-refractivity contribution is 0.102. The molecule has 3 N–H and O–H groups in total. The molecule has 0 saturated heterocycles. The highest BCUT2D eigenvalue weighted by Gasteiger charge is 2.09. The molecule has 2 aromatic rings. The summed E-state index contributed by atoms with van der Waals surface area (Å²) in [6.07, 6.45) is 1.59. The molecular formula is C14H15N3O. The van der Waals surface area contributed by atoms with Crippen LogP contribution < -0.4 is 11.1 Å². The number of aryl methyl sites for hydroxylation is 2. The van der Waals surface area contributed by atoms with Crippen LogP contribution in [-0.2, 0) is 0 Å². The van der Waals surface area contributed by atoms with Crippen molar-refractivity contribution in [3.63, 3.8) is 0 Å². The van der Waals surface area contributed by atoms with Gasteiger partial charge in [-0.2, -0.15) is 0 Å². The number of nitrogens with zero attached hydrogens (tertiary/aromatic N) is 1. The van der Waals surface area contributed by atoms with Crippen molar-refractivity contribution in [1.29, 1.82) is 0 Å². The first-order valence-corrected chi connectivity index (χ1v) is 5.66. The van der Waals surface area contributed by atoms with Crippen LogP contribution >= 0.6 is 0 Å². The summed E-state index contributed by atoms with van der Waals surface area (Å²) in [5, 5.41) is 2.71. The Morgan fingerprint density at radius 1 is 1.22 bits per heavy atom. The molecular weight excluding hydrogens is 226 g/mol. The third kappa shape index (κ3) is 2.66. The third-order valence-electron chi connectivity index (χ3n) is 2.55. The fraction of sp³-hybridized carbons (Fsp3) is 0.143. The molecule has 4 heteroatoms. The number of nitrogen functional groups attached to an aromatic ring is 1. The van der Waals surface area contributed by atoms with Gasteiger partial charge in [0.2, 0.25) is 0 Å². The summed E-state index contributed by atoms with van der Waals surface area (Å²) in [6.45, 7) is 3.91. The molecule has 4 nitrogen and oxygen atoms in total. The van der Waals surface area contributed by atoms with Crippen LogP contribution in [0.25, 0.3) is 0 Å². The van der Waals surface area contributed by atoms with Crippen molar-refractivity contribution < 1.29 is 4.79 Å². The van der Waals surface area contributed by atoms with Gasteiger partial charge in [0, 0.05) is 11.8 Å². The molecule has 92 valence electrons. The van der Waals surface area contributed by atoms with Crippen LogP contribution in [0.4, 0.5) is 11.5 Å². The van der Waals surface area contributed by atoms with E-state index in [1.54, 1.807) is 18.3 Å². The fourth-order valence-electron chi connectivity index (χ4n) is 1.81. The molecule has 0 aliphatic rings. The van der Waals surface area contributed by atoms with E-state index in [0.29, 0.717) is 17.1 Å². The molecule has 0 aliphatic heterocycles. The van der Waals surface area contributed by atoms with Crippen molar-refractivity contribution >= 4 is 17.4 Å². The minimum absolute atomic E-state index is 0.202. The largest absolute Gasteiger partial charge is 0.396 e. The molecule has 0 aliphatic carbocycles. The fourth-order valence-corrected chi connectivity index (χ4v) is 1.81. The first kappa shape index (κ1) is 12.1. The summed E-state index contributed by atoms with van der Waals surface area (Å²) in [7, 11) is 0. The Morgan fingerprint density at radius 2 is 1.89 bits per heavy atom. The topological polar surface area (TPSA) is 68.0 Å². The van der Waals surface area contributed by atoms with Crippen molar-refractivity contribution in [3.8, 4) is 0 Å². The second-order valence-corrected chi connectivity index (χ2v) is 4.27. The predicted molar refractivity (Wildman–Crippen MR) is 72.5 cm³/mol. The van der Waals surface area contributed by atoms with E-state index in [1.165, 1.54) is 0 Å². The van der Waals surface area contributed by atoms with E-state index in [1.807, 2.05) is 32.0 Å². The highest BCUT2D eigenvalue weighted by molar-refractivity contribution is 6.05. The van der Waals surface area contributed by atoms with Gasteiger partial charge in [0.1, 0.15) is 0 Å². The van der Waals surface area contributed by atoms with Crippen molar-refractivity contribution in [1.82, 2.24) is 4.98 Å². The number of hydrogen-bond acceptors (Lipinski definition) is 3. The van der Waals surface area contributed by atoms with Crippen molar-refractivity contribution in [2.75, 3.05) is 11.1 Å². The number of anilines is 2. The minimum Gasteiger partial charge on any atom is -0.396 e. The van der Waals surface area contributed by atoms with E-state index in [2.05, 4.69) is 10.3 Å². The van der Waals surface area contributed by atoms with Crippen molar-refractivity contribution in [2.24, 2.45) is 0 Å². The molecule has 18 heavy (non-hydrogen) atoms. The Kier molecular flexibility index (Phi) is 3.28. The monoisotopic (exact) mass is 241 g/mol. The normalized spacial score (nSPS) is 10.1. The maximum Gasteiger partial charge on any atom is 0.256 e. The number of carbonyl (C=O) groups excluding carboxylic acids is 1. The molecule has 0 saturated carbocycles. The first-order valence-electron chi connectivity index (χ1n) is 5.66. The van der Waals surface area contributed by atoms with Crippen molar-refractivity contribution in [3.05, 3.63) is 53.2 Å². The second-order valence-electron chi connectivity index (χ2n) is 4.27. The van der Waals surface area contributed by atoms with Gasteiger partial charge in [-0.25, -0.2) is 4.98 Å². The molecule has 0 atom stereocenters. The number of benzene rings is 1. The molecule has 0 bridgehead atoms. The predicted octanol–water partition coefficient (Wildman–Crippen LogP) is 2.53. The van der Waals surface area contributed by atoms with Crippen LogP contribution in [0.2, 0.25) is 0 Å². The summed E-state index contributed by atoms with van der Waals surface area (Å²) in [6, 6.07) is 9.11. The molecule has 0 radical (unpaired) electrons. The molecule has 0 unspecified atom stereocenters. The Bertz CT molecular complexity index is 573. The van der Waals surface area contributed by atoms with Crippen LogP contribution in [0.1, 0.15) is 21.5 Å². The molecule has 2 rings (SSSR count). The van der Waals surface area contributed by atoms with E-state index in [0.717, 1.165) is 11.1 Å². The number of aromatic nitrogens is 1. The molecule has 0 fully saturated rings. The van der Waals surface area contributed by atoms with Crippen LogP contribution in [0.3, 0.4) is 0 Å². The Balaban J connectivity index is 2.25.